The van der Waals surface area contributed by atoms with Gasteiger partial charge in [0, 0.05) is 29.4 Å². The van der Waals surface area contributed by atoms with Crippen LogP contribution in [0.2, 0.25) is 0 Å². The van der Waals surface area contributed by atoms with E-state index in [1.165, 1.54) is 11.1 Å². The van der Waals surface area contributed by atoms with Gasteiger partial charge in [0.2, 0.25) is 0 Å². The quantitative estimate of drug-likeness (QED) is 0.460. The first kappa shape index (κ1) is 20.7. The Hall–Kier alpha value is -3.54. The Kier molecular flexibility index (Phi) is 5.80. The lowest BCUT2D eigenvalue weighted by atomic mass is 10.1. The van der Waals surface area contributed by atoms with Crippen LogP contribution >= 0.6 is 0 Å². The molecule has 0 fully saturated rings. The van der Waals surface area contributed by atoms with Crippen LogP contribution in [0.1, 0.15) is 22.4 Å². The van der Waals surface area contributed by atoms with Crippen LogP contribution in [-0.2, 0) is 6.42 Å². The number of nitrogens with zero attached hydrogens (tertiary/aromatic N) is 3. The molecule has 0 spiro atoms. The summed E-state index contributed by atoms with van der Waals surface area (Å²) in [5.74, 6) is 2.42. The van der Waals surface area contributed by atoms with Gasteiger partial charge in [-0.15, -0.1) is 0 Å². The molecule has 6 nitrogen and oxygen atoms in total. The summed E-state index contributed by atoms with van der Waals surface area (Å²) in [6, 6.07) is 16.5. The van der Waals surface area contributed by atoms with E-state index in [1.54, 1.807) is 14.2 Å². The van der Waals surface area contributed by atoms with E-state index < -0.39 is 0 Å². The van der Waals surface area contributed by atoms with Gasteiger partial charge in [-0.05, 0) is 51.0 Å². The molecule has 0 aliphatic heterocycles. The maximum atomic E-state index is 5.41. The zero-order valence-electron chi connectivity index (χ0n) is 18.7. The molecule has 2 aromatic heterocycles. The van der Waals surface area contributed by atoms with Gasteiger partial charge in [0.05, 0.1) is 19.9 Å². The summed E-state index contributed by atoms with van der Waals surface area (Å²) in [6.07, 6.45) is 0.841. The summed E-state index contributed by atoms with van der Waals surface area (Å²) in [7, 11) is 3.30. The minimum absolute atomic E-state index is 0.737. The van der Waals surface area contributed by atoms with E-state index in [4.69, 9.17) is 19.6 Å². The highest BCUT2D eigenvalue weighted by molar-refractivity contribution is 5.72. The molecule has 160 valence electrons. The van der Waals surface area contributed by atoms with Gasteiger partial charge in [-0.1, -0.05) is 29.8 Å². The third-order valence-corrected chi connectivity index (χ3v) is 5.41. The molecule has 4 rings (SSSR count). The second-order valence-corrected chi connectivity index (χ2v) is 7.73. The second kappa shape index (κ2) is 8.68. The van der Waals surface area contributed by atoms with Crippen molar-refractivity contribution in [2.75, 3.05) is 26.1 Å². The maximum Gasteiger partial charge on any atom is 0.161 e. The maximum absolute atomic E-state index is 5.41. The number of nitrogens with one attached hydrogen (secondary N) is 1. The molecule has 1 N–H and O–H groups in total. The van der Waals surface area contributed by atoms with E-state index in [9.17, 15) is 0 Å². The topological polar surface area (TPSA) is 60.7 Å². The van der Waals surface area contributed by atoms with E-state index in [-0.39, 0.29) is 0 Å². The van der Waals surface area contributed by atoms with Crippen LogP contribution in [-0.4, -0.2) is 35.4 Å². The van der Waals surface area contributed by atoms with Crippen molar-refractivity contribution >= 4 is 11.5 Å². The van der Waals surface area contributed by atoms with Crippen LogP contribution in [0, 0.1) is 20.8 Å². The van der Waals surface area contributed by atoms with Gasteiger partial charge in [0.15, 0.2) is 17.1 Å². The van der Waals surface area contributed by atoms with Crippen molar-refractivity contribution in [1.82, 2.24) is 14.6 Å². The van der Waals surface area contributed by atoms with Gasteiger partial charge in [0.1, 0.15) is 5.82 Å². The van der Waals surface area contributed by atoms with Gasteiger partial charge in [0.25, 0.3) is 0 Å². The standard InChI is InChI=1S/C25H28N4O2/c1-16-7-6-8-20(13-16)24-18(3)25-27-17(2)14-23(29(25)28-24)26-12-11-19-9-10-21(30-4)22(15-19)31-5/h6-10,13-15,26H,11-12H2,1-5H3. The van der Waals surface area contributed by atoms with Gasteiger partial charge >= 0.3 is 0 Å². The SMILES string of the molecule is COc1ccc(CCNc2cc(C)nc3c(C)c(-c4cccc(C)c4)nn23)cc1OC. The lowest BCUT2D eigenvalue weighted by Gasteiger charge is -2.11. The van der Waals surface area contributed by atoms with Crippen molar-refractivity contribution in [1.29, 1.82) is 0 Å². The minimum Gasteiger partial charge on any atom is -0.493 e. The van der Waals surface area contributed by atoms with Gasteiger partial charge in [-0.25, -0.2) is 4.98 Å². The van der Waals surface area contributed by atoms with Crippen molar-refractivity contribution in [2.24, 2.45) is 0 Å². The normalized spacial score (nSPS) is 11.0. The summed E-state index contributed by atoms with van der Waals surface area (Å²) in [5, 5.41) is 8.43. The highest BCUT2D eigenvalue weighted by atomic mass is 16.5. The number of aromatic nitrogens is 3. The largest absolute Gasteiger partial charge is 0.493 e. The van der Waals surface area contributed by atoms with Crippen LogP contribution in [0.4, 0.5) is 5.82 Å². The molecule has 0 bridgehead atoms. The Morgan fingerprint density at radius 1 is 0.935 bits per heavy atom. The van der Waals surface area contributed by atoms with Gasteiger partial charge < -0.3 is 14.8 Å². The molecule has 0 unspecified atom stereocenters. The number of hydrogen-bond donors (Lipinski definition) is 1. The highest BCUT2D eigenvalue weighted by Crippen LogP contribution is 2.29. The fourth-order valence-electron chi connectivity index (χ4n) is 3.81. The van der Waals surface area contributed by atoms with E-state index in [0.29, 0.717) is 0 Å². The Morgan fingerprint density at radius 2 is 1.74 bits per heavy atom. The van der Waals surface area contributed by atoms with E-state index in [2.05, 4.69) is 49.5 Å². The molecule has 0 aliphatic rings. The molecule has 2 aromatic carbocycles. The van der Waals surface area contributed by atoms with Crippen molar-refractivity contribution in [3.63, 3.8) is 0 Å². The van der Waals surface area contributed by atoms with Crippen molar-refractivity contribution in [3.8, 4) is 22.8 Å². The van der Waals surface area contributed by atoms with Gasteiger partial charge in [-0.3, -0.25) is 0 Å². The monoisotopic (exact) mass is 416 g/mol. The smallest absolute Gasteiger partial charge is 0.161 e. The summed E-state index contributed by atoms with van der Waals surface area (Å²) in [6.45, 7) is 6.95. The first-order valence-corrected chi connectivity index (χ1v) is 10.4. The number of aryl methyl sites for hydroxylation is 3. The van der Waals surface area contributed by atoms with E-state index >= 15 is 0 Å². The summed E-state index contributed by atoms with van der Waals surface area (Å²) in [4.78, 5) is 4.74. The van der Waals surface area contributed by atoms with E-state index in [1.807, 2.05) is 29.6 Å². The molecule has 0 aliphatic carbocycles. The van der Waals surface area contributed by atoms with Crippen LogP contribution < -0.4 is 14.8 Å². The Balaban J connectivity index is 1.60. The Morgan fingerprint density at radius 3 is 2.48 bits per heavy atom. The fraction of sp³-hybridized carbons (Fsp3) is 0.280. The number of benzene rings is 2. The first-order chi connectivity index (χ1) is 15.0. The second-order valence-electron chi connectivity index (χ2n) is 7.73. The van der Waals surface area contributed by atoms with Crippen molar-refractivity contribution in [2.45, 2.75) is 27.2 Å². The molecule has 0 saturated heterocycles. The molecule has 0 amide bonds. The van der Waals surface area contributed by atoms with Gasteiger partial charge in [-0.2, -0.15) is 9.61 Å². The average molecular weight is 417 g/mol. The fourth-order valence-corrected chi connectivity index (χ4v) is 3.81. The number of ether oxygens (including phenoxy) is 2. The lowest BCUT2D eigenvalue weighted by Crippen LogP contribution is -2.10. The summed E-state index contributed by atoms with van der Waals surface area (Å²) < 4.78 is 12.6. The molecule has 0 atom stereocenters. The summed E-state index contributed by atoms with van der Waals surface area (Å²) >= 11 is 0. The zero-order chi connectivity index (χ0) is 22.0. The molecule has 0 saturated carbocycles. The van der Waals surface area contributed by atoms with E-state index in [0.717, 1.165) is 58.4 Å². The third kappa shape index (κ3) is 4.19. The molecule has 6 heteroatoms. The van der Waals surface area contributed by atoms with Crippen LogP contribution in [0.5, 0.6) is 11.5 Å². The third-order valence-electron chi connectivity index (χ3n) is 5.41. The van der Waals surface area contributed by atoms with Crippen LogP contribution in [0.15, 0.2) is 48.5 Å². The first-order valence-electron chi connectivity index (χ1n) is 10.4. The number of fused-ring (bicyclic) bond motifs is 1. The van der Waals surface area contributed by atoms with Crippen molar-refractivity contribution < 1.29 is 9.47 Å². The minimum atomic E-state index is 0.737. The number of methoxy groups -OCH3 is 2. The number of hydrogen-bond acceptors (Lipinski definition) is 5. The molecule has 2 heterocycles. The molecule has 31 heavy (non-hydrogen) atoms. The average Bonchev–Trinajstić information content (AvgIpc) is 3.10. The Bertz CT molecular complexity index is 1230. The predicted molar refractivity (Wildman–Crippen MR) is 124 cm³/mol. The van der Waals surface area contributed by atoms with Crippen molar-refractivity contribution in [3.05, 3.63) is 70.9 Å². The molecular formula is C25H28N4O2. The number of anilines is 1. The van der Waals surface area contributed by atoms with Crippen LogP contribution in [0.25, 0.3) is 16.9 Å². The zero-order valence-corrected chi connectivity index (χ0v) is 18.7. The highest BCUT2D eigenvalue weighted by Gasteiger charge is 2.15. The molecule has 0 radical (unpaired) electrons. The van der Waals surface area contributed by atoms with Crippen LogP contribution in [0.3, 0.4) is 0 Å². The summed E-state index contributed by atoms with van der Waals surface area (Å²) in [5.41, 5.74) is 7.37. The molecule has 4 aromatic rings. The lowest BCUT2D eigenvalue weighted by molar-refractivity contribution is 0.354. The molecular weight excluding hydrogens is 388 g/mol. The Labute approximate surface area is 182 Å². The number of rotatable bonds is 7. The predicted octanol–water partition coefficient (Wildman–Crippen LogP) is 4.99.